The molecule has 1 aliphatic rings. The lowest BCUT2D eigenvalue weighted by Crippen LogP contribution is -2.12. The summed E-state index contributed by atoms with van der Waals surface area (Å²) >= 11 is 1.25. The van der Waals surface area contributed by atoms with Crippen LogP contribution in [0.25, 0.3) is 0 Å². The van der Waals surface area contributed by atoms with E-state index in [9.17, 15) is 9.59 Å². The Bertz CT molecular complexity index is 601. The summed E-state index contributed by atoms with van der Waals surface area (Å²) in [5.41, 5.74) is 0. The maximum atomic E-state index is 11.9. The van der Waals surface area contributed by atoms with Crippen molar-refractivity contribution in [3.05, 3.63) is 29.4 Å². The summed E-state index contributed by atoms with van der Waals surface area (Å²) < 4.78 is 0. The standard InChI is InChI=1S/C12H12N4O2S/c17-10(7-1-2-7)15-9-4-3-8(19-9)11(18)16-12-13-5-6-14-12/h3-7H,1-2H2,(H,15,17)(H2,13,14,16,18). The van der Waals surface area contributed by atoms with Crippen molar-refractivity contribution in [2.75, 3.05) is 10.6 Å². The average molecular weight is 276 g/mol. The number of carbonyl (C=O) groups is 2. The second-order valence-electron chi connectivity index (χ2n) is 4.32. The van der Waals surface area contributed by atoms with E-state index < -0.39 is 0 Å². The monoisotopic (exact) mass is 276 g/mol. The molecule has 2 amide bonds. The molecule has 0 saturated heterocycles. The van der Waals surface area contributed by atoms with Crippen molar-refractivity contribution in [3.63, 3.8) is 0 Å². The van der Waals surface area contributed by atoms with Crippen molar-refractivity contribution in [1.29, 1.82) is 0 Å². The Morgan fingerprint density at radius 2 is 2.16 bits per heavy atom. The summed E-state index contributed by atoms with van der Waals surface area (Å²) in [6, 6.07) is 3.42. The van der Waals surface area contributed by atoms with E-state index in [1.54, 1.807) is 24.5 Å². The normalized spacial score (nSPS) is 14.1. The van der Waals surface area contributed by atoms with E-state index in [0.29, 0.717) is 15.8 Å². The van der Waals surface area contributed by atoms with Crippen LogP contribution < -0.4 is 10.6 Å². The van der Waals surface area contributed by atoms with Crippen LogP contribution in [0.15, 0.2) is 24.5 Å². The molecule has 0 radical (unpaired) electrons. The molecule has 0 atom stereocenters. The van der Waals surface area contributed by atoms with E-state index in [1.165, 1.54) is 11.3 Å². The minimum Gasteiger partial charge on any atom is -0.331 e. The molecule has 19 heavy (non-hydrogen) atoms. The van der Waals surface area contributed by atoms with Gasteiger partial charge >= 0.3 is 0 Å². The fourth-order valence-corrected chi connectivity index (χ4v) is 2.40. The highest BCUT2D eigenvalue weighted by atomic mass is 32.1. The third kappa shape index (κ3) is 2.82. The molecule has 1 saturated carbocycles. The molecule has 6 nitrogen and oxygen atoms in total. The van der Waals surface area contributed by atoms with E-state index in [1.807, 2.05) is 0 Å². The van der Waals surface area contributed by atoms with Gasteiger partial charge in [0.2, 0.25) is 11.9 Å². The second kappa shape index (κ2) is 4.85. The van der Waals surface area contributed by atoms with Crippen molar-refractivity contribution in [2.45, 2.75) is 12.8 Å². The first-order valence-corrected chi connectivity index (χ1v) is 6.75. The smallest absolute Gasteiger partial charge is 0.268 e. The van der Waals surface area contributed by atoms with Gasteiger partial charge in [0.15, 0.2) is 0 Å². The van der Waals surface area contributed by atoms with Crippen LogP contribution in [0.3, 0.4) is 0 Å². The highest BCUT2D eigenvalue weighted by Gasteiger charge is 2.29. The van der Waals surface area contributed by atoms with Gasteiger partial charge in [0.25, 0.3) is 5.91 Å². The molecule has 7 heteroatoms. The SMILES string of the molecule is O=C(Nc1ncc[nH]1)c1ccc(NC(=O)C2CC2)s1. The second-order valence-corrected chi connectivity index (χ2v) is 5.40. The molecule has 2 aromatic heterocycles. The lowest BCUT2D eigenvalue weighted by atomic mass is 10.4. The summed E-state index contributed by atoms with van der Waals surface area (Å²) in [5.74, 6) is 0.358. The van der Waals surface area contributed by atoms with Gasteiger partial charge in [-0.1, -0.05) is 0 Å². The van der Waals surface area contributed by atoms with Crippen molar-refractivity contribution in [1.82, 2.24) is 9.97 Å². The number of aromatic nitrogens is 2. The maximum absolute atomic E-state index is 11.9. The van der Waals surface area contributed by atoms with Gasteiger partial charge < -0.3 is 10.3 Å². The Morgan fingerprint density at radius 1 is 1.32 bits per heavy atom. The van der Waals surface area contributed by atoms with Crippen LogP contribution in [0.2, 0.25) is 0 Å². The first kappa shape index (κ1) is 11.9. The molecule has 0 unspecified atom stereocenters. The highest BCUT2D eigenvalue weighted by Crippen LogP contribution is 2.31. The molecule has 2 aromatic rings. The minimum atomic E-state index is -0.244. The summed E-state index contributed by atoms with van der Waals surface area (Å²) in [7, 11) is 0. The molecular weight excluding hydrogens is 264 g/mol. The topological polar surface area (TPSA) is 86.9 Å². The lowest BCUT2D eigenvalue weighted by molar-refractivity contribution is -0.117. The Hall–Kier alpha value is -2.15. The molecule has 98 valence electrons. The summed E-state index contributed by atoms with van der Waals surface area (Å²) in [6.45, 7) is 0. The van der Waals surface area contributed by atoms with Crippen LogP contribution in [-0.4, -0.2) is 21.8 Å². The van der Waals surface area contributed by atoms with Crippen LogP contribution in [0.5, 0.6) is 0 Å². The quantitative estimate of drug-likeness (QED) is 0.799. The summed E-state index contributed by atoms with van der Waals surface area (Å²) in [4.78, 5) is 30.7. The predicted octanol–water partition coefficient (Wildman–Crippen LogP) is 2.07. The third-order valence-electron chi connectivity index (χ3n) is 2.75. The largest absolute Gasteiger partial charge is 0.331 e. The number of nitrogens with one attached hydrogen (secondary N) is 3. The summed E-state index contributed by atoms with van der Waals surface area (Å²) in [5, 5.41) is 6.14. The number of hydrogen-bond acceptors (Lipinski definition) is 4. The van der Waals surface area contributed by atoms with Crippen molar-refractivity contribution >= 4 is 34.1 Å². The molecule has 3 N–H and O–H groups in total. The van der Waals surface area contributed by atoms with Crippen molar-refractivity contribution < 1.29 is 9.59 Å². The number of carbonyl (C=O) groups excluding carboxylic acids is 2. The predicted molar refractivity (Wildman–Crippen MR) is 72.2 cm³/mol. The number of rotatable bonds is 4. The third-order valence-corrected chi connectivity index (χ3v) is 3.75. The molecule has 1 aliphatic carbocycles. The maximum Gasteiger partial charge on any atom is 0.268 e. The first-order chi connectivity index (χ1) is 9.22. The van der Waals surface area contributed by atoms with E-state index in [-0.39, 0.29) is 17.7 Å². The number of anilines is 2. The van der Waals surface area contributed by atoms with Crippen LogP contribution in [0, 0.1) is 5.92 Å². The lowest BCUT2D eigenvalue weighted by Gasteiger charge is -2.00. The Labute approximate surface area is 113 Å². The van der Waals surface area contributed by atoms with Crippen LogP contribution in [0.4, 0.5) is 10.9 Å². The number of nitrogens with zero attached hydrogens (tertiary/aromatic N) is 1. The first-order valence-electron chi connectivity index (χ1n) is 5.94. The molecule has 1 fully saturated rings. The highest BCUT2D eigenvalue weighted by molar-refractivity contribution is 7.18. The van der Waals surface area contributed by atoms with E-state index >= 15 is 0 Å². The number of aromatic amines is 1. The Balaban J connectivity index is 1.63. The Morgan fingerprint density at radius 3 is 2.84 bits per heavy atom. The van der Waals surface area contributed by atoms with E-state index in [4.69, 9.17) is 0 Å². The Kier molecular flexibility index (Phi) is 3.04. The average Bonchev–Trinajstić information content (AvgIpc) is 2.93. The van der Waals surface area contributed by atoms with Gasteiger partial charge in [-0.2, -0.15) is 0 Å². The molecule has 0 bridgehead atoms. The minimum absolute atomic E-state index is 0.0415. The van der Waals surface area contributed by atoms with Gasteiger partial charge in [-0.05, 0) is 25.0 Å². The zero-order valence-corrected chi connectivity index (χ0v) is 10.8. The van der Waals surface area contributed by atoms with Crippen LogP contribution in [-0.2, 0) is 4.79 Å². The number of imidazole rings is 1. The molecular formula is C12H12N4O2S. The van der Waals surface area contributed by atoms with Crippen molar-refractivity contribution in [3.8, 4) is 0 Å². The van der Waals surface area contributed by atoms with Gasteiger partial charge in [0.1, 0.15) is 0 Å². The molecule has 0 aromatic carbocycles. The molecule has 0 aliphatic heterocycles. The van der Waals surface area contributed by atoms with E-state index in [0.717, 1.165) is 12.8 Å². The molecule has 2 heterocycles. The van der Waals surface area contributed by atoms with Gasteiger partial charge in [-0.15, -0.1) is 11.3 Å². The molecule has 3 rings (SSSR count). The zero-order valence-electron chi connectivity index (χ0n) is 9.97. The van der Waals surface area contributed by atoms with Gasteiger partial charge in [0, 0.05) is 18.3 Å². The fraction of sp³-hybridized carbons (Fsp3) is 0.250. The van der Waals surface area contributed by atoms with Crippen LogP contribution >= 0.6 is 11.3 Å². The van der Waals surface area contributed by atoms with Gasteiger partial charge in [-0.25, -0.2) is 4.98 Å². The molecule has 0 spiro atoms. The number of H-pyrrole nitrogens is 1. The fourth-order valence-electron chi connectivity index (χ4n) is 1.60. The van der Waals surface area contributed by atoms with Crippen molar-refractivity contribution in [2.24, 2.45) is 5.92 Å². The number of hydrogen-bond donors (Lipinski definition) is 3. The van der Waals surface area contributed by atoms with Gasteiger partial charge in [0.05, 0.1) is 9.88 Å². The van der Waals surface area contributed by atoms with E-state index in [2.05, 4.69) is 20.6 Å². The number of thiophene rings is 1. The van der Waals surface area contributed by atoms with Crippen LogP contribution in [0.1, 0.15) is 22.5 Å². The summed E-state index contributed by atoms with van der Waals surface area (Å²) in [6.07, 6.45) is 5.11. The number of amides is 2. The van der Waals surface area contributed by atoms with Gasteiger partial charge in [-0.3, -0.25) is 14.9 Å². The zero-order chi connectivity index (χ0) is 13.2.